The zero-order valence-electron chi connectivity index (χ0n) is 10.3. The minimum Gasteiger partial charge on any atom is -0.291 e. The number of aromatic nitrogens is 2. The van der Waals surface area contributed by atoms with Gasteiger partial charge in [0.2, 0.25) is 0 Å². The van der Waals surface area contributed by atoms with Gasteiger partial charge in [-0.25, -0.2) is 4.98 Å². The maximum atomic E-state index is 12.0. The maximum Gasteiger partial charge on any atom is 0.274 e. The Morgan fingerprint density at radius 3 is 2.85 bits per heavy atom. The summed E-state index contributed by atoms with van der Waals surface area (Å²) in [6.45, 7) is 1.69. The second kappa shape index (κ2) is 5.72. The lowest BCUT2D eigenvalue weighted by atomic mass is 10.2. The number of nitro benzene ring substituents is 1. The molecule has 0 spiro atoms. The summed E-state index contributed by atoms with van der Waals surface area (Å²) < 4.78 is 1.65. The molecule has 20 heavy (non-hydrogen) atoms. The van der Waals surface area contributed by atoms with E-state index in [1.807, 2.05) is 0 Å². The summed E-state index contributed by atoms with van der Waals surface area (Å²) in [5, 5.41) is 11.4. The predicted molar refractivity (Wildman–Crippen MR) is 78.1 cm³/mol. The second-order valence-electron chi connectivity index (χ2n) is 4.07. The maximum absolute atomic E-state index is 12.0. The first kappa shape index (κ1) is 14.7. The van der Waals surface area contributed by atoms with E-state index >= 15 is 0 Å². The molecular weight excluding hydrogens is 350 g/mol. The van der Waals surface area contributed by atoms with E-state index in [4.69, 9.17) is 11.6 Å². The van der Waals surface area contributed by atoms with Crippen molar-refractivity contribution in [3.63, 3.8) is 0 Å². The highest BCUT2D eigenvalue weighted by atomic mass is 79.9. The second-order valence-corrected chi connectivity index (χ2v) is 5.37. The molecule has 0 N–H and O–H groups in total. The van der Waals surface area contributed by atoms with Crippen molar-refractivity contribution in [3.8, 4) is 0 Å². The average Bonchev–Trinajstić information content (AvgIpc) is 2.39. The van der Waals surface area contributed by atoms with E-state index in [2.05, 4.69) is 20.9 Å². The molecule has 0 fully saturated rings. The summed E-state index contributed by atoms with van der Waals surface area (Å²) in [7, 11) is 0. The van der Waals surface area contributed by atoms with Gasteiger partial charge in [-0.15, -0.1) is 0 Å². The molecule has 0 unspecified atom stereocenters. The van der Waals surface area contributed by atoms with Gasteiger partial charge in [-0.2, -0.15) is 0 Å². The normalized spacial score (nSPS) is 10.6. The van der Waals surface area contributed by atoms with Crippen molar-refractivity contribution in [2.45, 2.75) is 13.5 Å². The molecule has 0 aliphatic carbocycles. The van der Waals surface area contributed by atoms with E-state index < -0.39 is 4.92 Å². The summed E-state index contributed by atoms with van der Waals surface area (Å²) in [6.07, 6.45) is 1.40. The van der Waals surface area contributed by atoms with E-state index in [0.717, 1.165) is 0 Å². The van der Waals surface area contributed by atoms with Crippen LogP contribution in [0.3, 0.4) is 0 Å². The molecule has 0 aliphatic rings. The fourth-order valence-corrected chi connectivity index (χ4v) is 2.28. The molecule has 6 nitrogen and oxygen atoms in total. The van der Waals surface area contributed by atoms with Crippen molar-refractivity contribution < 1.29 is 4.92 Å². The molecule has 0 saturated heterocycles. The van der Waals surface area contributed by atoms with Gasteiger partial charge >= 0.3 is 0 Å². The lowest BCUT2D eigenvalue weighted by Gasteiger charge is -2.10. The van der Waals surface area contributed by atoms with E-state index in [9.17, 15) is 14.9 Å². The number of rotatable bonds is 3. The topological polar surface area (TPSA) is 78.0 Å². The van der Waals surface area contributed by atoms with Crippen LogP contribution in [0.5, 0.6) is 0 Å². The Balaban J connectivity index is 2.56. The highest BCUT2D eigenvalue weighted by Crippen LogP contribution is 2.23. The number of hydrogen-bond acceptors (Lipinski definition) is 4. The lowest BCUT2D eigenvalue weighted by Crippen LogP contribution is -2.24. The van der Waals surface area contributed by atoms with Gasteiger partial charge in [-0.05, 0) is 35.0 Å². The Morgan fingerprint density at radius 1 is 1.50 bits per heavy atom. The van der Waals surface area contributed by atoms with Crippen LogP contribution in [0.25, 0.3) is 0 Å². The van der Waals surface area contributed by atoms with Gasteiger partial charge < -0.3 is 0 Å². The number of nitro groups is 1. The first-order valence-electron chi connectivity index (χ1n) is 5.55. The van der Waals surface area contributed by atoms with Crippen molar-refractivity contribution >= 4 is 33.2 Å². The van der Waals surface area contributed by atoms with Crippen molar-refractivity contribution in [2.75, 3.05) is 0 Å². The van der Waals surface area contributed by atoms with Crippen molar-refractivity contribution in [2.24, 2.45) is 0 Å². The molecule has 0 saturated carbocycles. The van der Waals surface area contributed by atoms with Crippen LogP contribution in [-0.4, -0.2) is 14.5 Å². The number of nitrogens with zero attached hydrogens (tertiary/aromatic N) is 3. The third-order valence-corrected chi connectivity index (χ3v) is 3.55. The summed E-state index contributed by atoms with van der Waals surface area (Å²) in [5.41, 5.74) is -0.0277. The highest BCUT2D eigenvalue weighted by Gasteiger charge is 2.16. The van der Waals surface area contributed by atoms with E-state index in [1.165, 1.54) is 29.0 Å². The Bertz CT molecular complexity index is 745. The van der Waals surface area contributed by atoms with Crippen molar-refractivity contribution in [3.05, 3.63) is 65.7 Å². The molecule has 1 aromatic carbocycles. The minimum absolute atomic E-state index is 0.0357. The van der Waals surface area contributed by atoms with Gasteiger partial charge in [0, 0.05) is 17.3 Å². The Kier molecular flexibility index (Phi) is 4.20. The van der Waals surface area contributed by atoms with Gasteiger partial charge in [0.1, 0.15) is 10.3 Å². The molecule has 0 atom stereocenters. The molecular formula is C12H9BrClN3O3. The smallest absolute Gasteiger partial charge is 0.274 e. The standard InChI is InChI=1S/C12H9BrClN3O3/c1-7-15-5-10(13)12(18)16(7)6-8-4-9(14)2-3-11(8)17(19)20/h2-5H,6H2,1H3. The summed E-state index contributed by atoms with van der Waals surface area (Å²) in [5.74, 6) is 0.465. The lowest BCUT2D eigenvalue weighted by molar-refractivity contribution is -0.385. The van der Waals surface area contributed by atoms with Crippen LogP contribution >= 0.6 is 27.5 Å². The van der Waals surface area contributed by atoms with Crippen LogP contribution in [0.2, 0.25) is 5.02 Å². The molecule has 0 aliphatic heterocycles. The van der Waals surface area contributed by atoms with Gasteiger partial charge in [0.05, 0.1) is 17.0 Å². The van der Waals surface area contributed by atoms with Gasteiger partial charge in [-0.1, -0.05) is 11.6 Å². The van der Waals surface area contributed by atoms with Crippen LogP contribution < -0.4 is 5.56 Å². The fraction of sp³-hybridized carbons (Fsp3) is 0.167. The van der Waals surface area contributed by atoms with Crippen LogP contribution in [0, 0.1) is 17.0 Å². The number of hydrogen-bond donors (Lipinski definition) is 0. The fourth-order valence-electron chi connectivity index (χ4n) is 1.77. The first-order valence-corrected chi connectivity index (χ1v) is 6.72. The minimum atomic E-state index is -0.503. The highest BCUT2D eigenvalue weighted by molar-refractivity contribution is 9.10. The first-order chi connectivity index (χ1) is 9.40. The number of aryl methyl sites for hydroxylation is 1. The van der Waals surface area contributed by atoms with E-state index in [1.54, 1.807) is 6.92 Å². The summed E-state index contributed by atoms with van der Waals surface area (Å²) >= 11 is 8.96. The van der Waals surface area contributed by atoms with E-state index in [0.29, 0.717) is 20.9 Å². The Hall–Kier alpha value is -1.73. The molecule has 1 aromatic heterocycles. The SMILES string of the molecule is Cc1ncc(Br)c(=O)n1Cc1cc(Cl)ccc1[N+](=O)[O-]. The molecule has 2 aromatic rings. The largest absolute Gasteiger partial charge is 0.291 e. The van der Waals surface area contributed by atoms with Gasteiger partial charge in [-0.3, -0.25) is 19.5 Å². The number of benzene rings is 1. The number of halogens is 2. The van der Waals surface area contributed by atoms with Gasteiger partial charge in [0.25, 0.3) is 11.2 Å². The van der Waals surface area contributed by atoms with Gasteiger partial charge in [0.15, 0.2) is 0 Å². The van der Waals surface area contributed by atoms with Crippen molar-refractivity contribution in [1.29, 1.82) is 0 Å². The van der Waals surface area contributed by atoms with E-state index in [-0.39, 0.29) is 17.8 Å². The average molecular weight is 359 g/mol. The molecule has 104 valence electrons. The molecule has 8 heteroatoms. The molecule has 0 radical (unpaired) electrons. The third kappa shape index (κ3) is 2.88. The summed E-state index contributed by atoms with van der Waals surface area (Å²) in [6, 6.07) is 4.24. The van der Waals surface area contributed by atoms with Crippen LogP contribution in [0.1, 0.15) is 11.4 Å². The predicted octanol–water partition coefficient (Wildman–Crippen LogP) is 2.92. The van der Waals surface area contributed by atoms with Crippen LogP contribution in [0.4, 0.5) is 5.69 Å². The molecule has 0 bridgehead atoms. The Morgan fingerprint density at radius 2 is 2.20 bits per heavy atom. The third-order valence-electron chi connectivity index (χ3n) is 2.77. The molecule has 2 rings (SSSR count). The van der Waals surface area contributed by atoms with Crippen molar-refractivity contribution in [1.82, 2.24) is 9.55 Å². The monoisotopic (exact) mass is 357 g/mol. The van der Waals surface area contributed by atoms with Crippen LogP contribution in [0.15, 0.2) is 33.7 Å². The zero-order chi connectivity index (χ0) is 14.9. The molecule has 1 heterocycles. The van der Waals surface area contributed by atoms with Crippen LogP contribution in [-0.2, 0) is 6.54 Å². The quantitative estimate of drug-likeness (QED) is 0.624. The molecule has 0 amide bonds. The summed E-state index contributed by atoms with van der Waals surface area (Å²) in [4.78, 5) is 26.6. The Labute approximate surface area is 127 Å². The zero-order valence-corrected chi connectivity index (χ0v) is 12.7.